The van der Waals surface area contributed by atoms with E-state index in [0.717, 1.165) is 24.2 Å². The molecule has 3 atom stereocenters. The Kier molecular flexibility index (Phi) is 5.53. The molecule has 3 rings (SSSR count). The summed E-state index contributed by atoms with van der Waals surface area (Å²) in [5, 5.41) is 0. The van der Waals surface area contributed by atoms with Gasteiger partial charge >= 0.3 is 0 Å². The predicted octanol–water partition coefficient (Wildman–Crippen LogP) is 2.20. The molecule has 1 aromatic rings. The van der Waals surface area contributed by atoms with Gasteiger partial charge in [0.15, 0.2) is 0 Å². The third-order valence-corrected chi connectivity index (χ3v) is 4.80. The third kappa shape index (κ3) is 3.62. The maximum Gasteiger partial charge on any atom is 0.227 e. The van der Waals surface area contributed by atoms with Crippen molar-refractivity contribution < 1.29 is 19.0 Å². The number of methoxy groups -OCH3 is 1. The van der Waals surface area contributed by atoms with Crippen LogP contribution in [0.15, 0.2) is 36.9 Å². The molecule has 1 aliphatic carbocycles. The summed E-state index contributed by atoms with van der Waals surface area (Å²) in [6.07, 6.45) is 4.05. The van der Waals surface area contributed by atoms with Crippen LogP contribution in [0.25, 0.3) is 0 Å². The highest BCUT2D eigenvalue weighted by Crippen LogP contribution is 2.32. The minimum atomic E-state index is -0.0506. The largest absolute Gasteiger partial charge is 0.497 e. The van der Waals surface area contributed by atoms with E-state index in [9.17, 15) is 4.79 Å². The van der Waals surface area contributed by atoms with Gasteiger partial charge in [-0.15, -0.1) is 6.58 Å². The number of carbonyl (C=O) groups is 1. The summed E-state index contributed by atoms with van der Waals surface area (Å²) < 4.78 is 17.0. The van der Waals surface area contributed by atoms with Crippen molar-refractivity contribution in [2.24, 2.45) is 0 Å². The second kappa shape index (κ2) is 7.81. The summed E-state index contributed by atoms with van der Waals surface area (Å²) >= 11 is 0. The molecule has 2 aliphatic rings. The van der Waals surface area contributed by atoms with E-state index < -0.39 is 0 Å². The second-order valence-electron chi connectivity index (χ2n) is 6.25. The van der Waals surface area contributed by atoms with Gasteiger partial charge in [0.05, 0.1) is 38.9 Å². The molecular formula is C19H25NO4. The lowest BCUT2D eigenvalue weighted by Crippen LogP contribution is -2.47. The topological polar surface area (TPSA) is 48.0 Å². The molecule has 1 saturated heterocycles. The monoisotopic (exact) mass is 331 g/mol. The van der Waals surface area contributed by atoms with Crippen molar-refractivity contribution in [3.05, 3.63) is 42.5 Å². The molecule has 3 unspecified atom stereocenters. The number of benzene rings is 1. The van der Waals surface area contributed by atoms with Gasteiger partial charge in [-0.2, -0.15) is 0 Å². The second-order valence-corrected chi connectivity index (χ2v) is 6.25. The van der Waals surface area contributed by atoms with Gasteiger partial charge in [0.25, 0.3) is 0 Å². The van der Waals surface area contributed by atoms with Gasteiger partial charge in [-0.25, -0.2) is 0 Å². The molecule has 2 fully saturated rings. The number of rotatable bonds is 6. The highest BCUT2D eigenvalue weighted by Gasteiger charge is 2.44. The zero-order chi connectivity index (χ0) is 16.9. The van der Waals surface area contributed by atoms with Crippen LogP contribution in [0.4, 0.5) is 0 Å². The standard InChI is InChI=1S/C19H25NO4/c1-3-11-24-19-16-8-9-17(19)23-12-10-20(16)18(21)13-14-4-6-15(22-2)7-5-14/h3-7,16-17,19H,1,8-13H2,2H3. The number of hydrogen-bond donors (Lipinski definition) is 0. The highest BCUT2D eigenvalue weighted by molar-refractivity contribution is 5.79. The highest BCUT2D eigenvalue weighted by atomic mass is 16.5. The summed E-state index contributed by atoms with van der Waals surface area (Å²) in [7, 11) is 1.64. The van der Waals surface area contributed by atoms with Crippen LogP contribution >= 0.6 is 0 Å². The Morgan fingerprint density at radius 1 is 1.38 bits per heavy atom. The Bertz CT molecular complexity index is 571. The average molecular weight is 331 g/mol. The van der Waals surface area contributed by atoms with Crippen LogP contribution in [-0.2, 0) is 20.7 Å². The molecule has 5 heteroatoms. The average Bonchev–Trinajstić information content (AvgIpc) is 2.88. The Labute approximate surface area is 143 Å². The van der Waals surface area contributed by atoms with Gasteiger partial charge in [0.2, 0.25) is 5.91 Å². The summed E-state index contributed by atoms with van der Waals surface area (Å²) in [5.41, 5.74) is 0.990. The molecule has 0 N–H and O–H groups in total. The number of fused-ring (bicyclic) bond motifs is 2. The van der Waals surface area contributed by atoms with Crippen LogP contribution in [0, 0.1) is 0 Å². The van der Waals surface area contributed by atoms with Crippen molar-refractivity contribution in [2.45, 2.75) is 37.5 Å². The summed E-state index contributed by atoms with van der Waals surface area (Å²) in [6, 6.07) is 7.75. The van der Waals surface area contributed by atoms with E-state index in [1.165, 1.54) is 0 Å². The molecule has 0 aromatic heterocycles. The SMILES string of the molecule is C=CCOC1C2CCC1N(C(=O)Cc1ccc(OC)cc1)CCO2. The molecule has 1 heterocycles. The Morgan fingerprint density at radius 2 is 2.17 bits per heavy atom. The van der Waals surface area contributed by atoms with Gasteiger partial charge in [0, 0.05) is 6.54 Å². The van der Waals surface area contributed by atoms with Crippen LogP contribution in [0.3, 0.4) is 0 Å². The zero-order valence-corrected chi connectivity index (χ0v) is 14.1. The maximum atomic E-state index is 12.8. The molecule has 24 heavy (non-hydrogen) atoms. The van der Waals surface area contributed by atoms with Gasteiger partial charge < -0.3 is 19.1 Å². The van der Waals surface area contributed by atoms with Crippen LogP contribution in [-0.4, -0.2) is 55.9 Å². The van der Waals surface area contributed by atoms with Crippen LogP contribution in [0.5, 0.6) is 5.75 Å². The summed E-state index contributed by atoms with van der Waals surface area (Å²) in [6.45, 7) is 5.40. The maximum absolute atomic E-state index is 12.8. The summed E-state index contributed by atoms with van der Waals surface area (Å²) in [4.78, 5) is 14.8. The Balaban J connectivity index is 1.69. The van der Waals surface area contributed by atoms with Crippen molar-refractivity contribution in [2.75, 3.05) is 26.9 Å². The number of ether oxygens (including phenoxy) is 3. The van der Waals surface area contributed by atoms with Crippen LogP contribution in [0.2, 0.25) is 0 Å². The van der Waals surface area contributed by atoms with Gasteiger partial charge in [0.1, 0.15) is 11.9 Å². The Morgan fingerprint density at radius 3 is 2.88 bits per heavy atom. The first-order chi connectivity index (χ1) is 11.7. The lowest BCUT2D eigenvalue weighted by Gasteiger charge is -2.31. The van der Waals surface area contributed by atoms with Crippen molar-refractivity contribution >= 4 is 5.91 Å². The molecule has 1 aliphatic heterocycles. The normalized spacial score (nSPS) is 26.0. The number of nitrogens with zero attached hydrogens (tertiary/aromatic N) is 1. The lowest BCUT2D eigenvalue weighted by atomic mass is 10.1. The predicted molar refractivity (Wildman–Crippen MR) is 91.1 cm³/mol. The molecular weight excluding hydrogens is 306 g/mol. The van der Waals surface area contributed by atoms with E-state index >= 15 is 0 Å². The van der Waals surface area contributed by atoms with Crippen molar-refractivity contribution in [1.29, 1.82) is 0 Å². The Hall–Kier alpha value is -1.85. The first kappa shape index (κ1) is 17.0. The minimum Gasteiger partial charge on any atom is -0.497 e. The fourth-order valence-electron chi connectivity index (χ4n) is 3.62. The number of carbonyl (C=O) groups excluding carboxylic acids is 1. The molecule has 0 radical (unpaired) electrons. The van der Waals surface area contributed by atoms with Gasteiger partial charge in [-0.05, 0) is 30.5 Å². The molecule has 1 amide bonds. The molecule has 0 spiro atoms. The first-order valence-corrected chi connectivity index (χ1v) is 8.49. The first-order valence-electron chi connectivity index (χ1n) is 8.49. The van der Waals surface area contributed by atoms with E-state index in [-0.39, 0.29) is 24.2 Å². The van der Waals surface area contributed by atoms with Crippen molar-refractivity contribution in [3.8, 4) is 5.75 Å². The van der Waals surface area contributed by atoms with E-state index in [1.54, 1.807) is 13.2 Å². The van der Waals surface area contributed by atoms with Gasteiger partial charge in [-0.1, -0.05) is 18.2 Å². The molecule has 1 aromatic carbocycles. The minimum absolute atomic E-state index is 0.0506. The molecule has 130 valence electrons. The summed E-state index contributed by atoms with van der Waals surface area (Å²) in [5.74, 6) is 0.925. The van der Waals surface area contributed by atoms with Crippen LogP contribution < -0.4 is 4.74 Å². The molecule has 1 saturated carbocycles. The van der Waals surface area contributed by atoms with E-state index in [4.69, 9.17) is 14.2 Å². The zero-order valence-electron chi connectivity index (χ0n) is 14.1. The number of hydrogen-bond acceptors (Lipinski definition) is 4. The van der Waals surface area contributed by atoms with E-state index in [0.29, 0.717) is 26.2 Å². The lowest BCUT2D eigenvalue weighted by molar-refractivity contribution is -0.134. The van der Waals surface area contributed by atoms with Gasteiger partial charge in [-0.3, -0.25) is 4.79 Å². The smallest absolute Gasteiger partial charge is 0.227 e. The molecule has 2 bridgehead atoms. The molecule has 5 nitrogen and oxygen atoms in total. The fourth-order valence-corrected chi connectivity index (χ4v) is 3.62. The number of amides is 1. The van der Waals surface area contributed by atoms with Crippen LogP contribution in [0.1, 0.15) is 18.4 Å². The van der Waals surface area contributed by atoms with Crippen molar-refractivity contribution in [1.82, 2.24) is 4.90 Å². The van der Waals surface area contributed by atoms with E-state index in [2.05, 4.69) is 6.58 Å². The van der Waals surface area contributed by atoms with E-state index in [1.807, 2.05) is 29.2 Å². The third-order valence-electron chi connectivity index (χ3n) is 4.80. The fraction of sp³-hybridized carbons (Fsp3) is 0.526. The quantitative estimate of drug-likeness (QED) is 0.750. The van der Waals surface area contributed by atoms with Crippen molar-refractivity contribution in [3.63, 3.8) is 0 Å².